The molecule has 2 aliphatic rings. The summed E-state index contributed by atoms with van der Waals surface area (Å²) in [5.74, 6) is -3.19. The highest BCUT2D eigenvalue weighted by Gasteiger charge is 2.57. The lowest BCUT2D eigenvalue weighted by Crippen LogP contribution is -2.78. The van der Waals surface area contributed by atoms with E-state index in [-0.39, 0.29) is 57.2 Å². The van der Waals surface area contributed by atoms with Crippen LogP contribution in [-0.4, -0.2) is 62.5 Å². The van der Waals surface area contributed by atoms with Crippen molar-refractivity contribution < 1.29 is 33.3 Å². The molecule has 218 valence electrons. The molecule has 2 fully saturated rings. The highest BCUT2D eigenvalue weighted by Crippen LogP contribution is 2.47. The van der Waals surface area contributed by atoms with Crippen molar-refractivity contribution >= 4 is 45.9 Å². The molecule has 4 N–H and O–H groups in total. The number of fused-ring (bicyclic) bond motifs is 1. The van der Waals surface area contributed by atoms with Crippen molar-refractivity contribution in [2.45, 2.75) is 51.9 Å². The summed E-state index contributed by atoms with van der Waals surface area (Å²) in [6.07, 6.45) is 1.21. The molecule has 41 heavy (non-hydrogen) atoms. The van der Waals surface area contributed by atoms with Crippen molar-refractivity contribution in [1.29, 1.82) is 0 Å². The first-order valence-corrected chi connectivity index (χ1v) is 13.2. The quantitative estimate of drug-likeness (QED) is 0.384. The Labute approximate surface area is 238 Å². The molecule has 2 aromatic carbocycles. The summed E-state index contributed by atoms with van der Waals surface area (Å²) in [5, 5.41) is 19.2. The molecular formula is C28H29ClF2N4O6. The Morgan fingerprint density at radius 2 is 1.88 bits per heavy atom. The van der Waals surface area contributed by atoms with Gasteiger partial charge in [0.1, 0.15) is 17.0 Å². The lowest BCUT2D eigenvalue weighted by molar-refractivity contribution is -0.0561. The first kappa shape index (κ1) is 28.6. The van der Waals surface area contributed by atoms with Gasteiger partial charge in [0.15, 0.2) is 5.82 Å². The summed E-state index contributed by atoms with van der Waals surface area (Å²) < 4.78 is 37.0. The number of ether oxygens (including phenoxy) is 1. The molecule has 1 amide bonds. The van der Waals surface area contributed by atoms with Gasteiger partial charge in [0, 0.05) is 37.0 Å². The number of aliphatic hydroxyl groups is 1. The molecule has 0 unspecified atom stereocenters. The zero-order valence-electron chi connectivity index (χ0n) is 22.8. The molecule has 3 aromatic rings. The van der Waals surface area contributed by atoms with E-state index in [1.807, 2.05) is 0 Å². The molecule has 13 heteroatoms. The van der Waals surface area contributed by atoms with Gasteiger partial charge in [0.2, 0.25) is 5.43 Å². The van der Waals surface area contributed by atoms with Crippen molar-refractivity contribution in [2.75, 3.05) is 30.3 Å². The number of rotatable bonds is 4. The maximum Gasteiger partial charge on any atom is 0.410 e. The number of pyridine rings is 1. The molecule has 1 spiro atoms. The average Bonchev–Trinajstić information content (AvgIpc) is 2.82. The fraction of sp³-hybridized carbons (Fsp3) is 0.393. The predicted octanol–water partition coefficient (Wildman–Crippen LogP) is 4.20. The van der Waals surface area contributed by atoms with Crippen molar-refractivity contribution in [3.8, 4) is 5.69 Å². The van der Waals surface area contributed by atoms with E-state index in [1.54, 1.807) is 30.6 Å². The number of carboxylic acid groups (broad SMARTS) is 1. The van der Waals surface area contributed by atoms with Gasteiger partial charge in [0.25, 0.3) is 0 Å². The van der Waals surface area contributed by atoms with Crippen molar-refractivity contribution in [2.24, 2.45) is 0 Å². The molecule has 2 aliphatic heterocycles. The van der Waals surface area contributed by atoms with Crippen molar-refractivity contribution in [1.82, 2.24) is 9.47 Å². The second-order valence-corrected chi connectivity index (χ2v) is 11.9. The molecule has 0 bridgehead atoms. The summed E-state index contributed by atoms with van der Waals surface area (Å²) >= 11 is 6.83. The molecular weight excluding hydrogens is 562 g/mol. The van der Waals surface area contributed by atoms with Crippen LogP contribution in [-0.2, 0) is 11.3 Å². The van der Waals surface area contributed by atoms with Crippen LogP contribution in [0.3, 0.4) is 0 Å². The van der Waals surface area contributed by atoms with Crippen LogP contribution in [0.1, 0.15) is 48.7 Å². The minimum atomic E-state index is -1.57. The number of carbonyl (C=O) groups is 2. The third kappa shape index (κ3) is 4.45. The summed E-state index contributed by atoms with van der Waals surface area (Å²) in [6, 6.07) is 2.16. The van der Waals surface area contributed by atoms with Gasteiger partial charge in [-0.25, -0.2) is 18.4 Å². The van der Waals surface area contributed by atoms with Gasteiger partial charge >= 0.3 is 12.1 Å². The molecule has 10 nitrogen and oxygen atoms in total. The van der Waals surface area contributed by atoms with Crippen LogP contribution < -0.4 is 16.1 Å². The van der Waals surface area contributed by atoms with E-state index in [2.05, 4.69) is 0 Å². The number of amides is 1. The molecule has 5 rings (SSSR count). The molecule has 0 radical (unpaired) electrons. The highest BCUT2D eigenvalue weighted by atomic mass is 35.5. The van der Waals surface area contributed by atoms with Crippen LogP contribution in [0.15, 0.2) is 23.1 Å². The molecule has 2 saturated heterocycles. The topological polar surface area (TPSA) is 138 Å². The normalized spacial score (nSPS) is 16.1. The van der Waals surface area contributed by atoms with E-state index in [0.717, 1.165) is 12.3 Å². The number of likely N-dealkylation sites (tertiary alicyclic amines) is 1. The van der Waals surface area contributed by atoms with Crippen molar-refractivity contribution in [3.63, 3.8) is 0 Å². The highest BCUT2D eigenvalue weighted by molar-refractivity contribution is 6.38. The van der Waals surface area contributed by atoms with Crippen LogP contribution in [0.5, 0.6) is 0 Å². The van der Waals surface area contributed by atoms with Crippen LogP contribution in [0.2, 0.25) is 5.02 Å². The monoisotopic (exact) mass is 590 g/mol. The molecule has 3 heterocycles. The Morgan fingerprint density at radius 1 is 1.22 bits per heavy atom. The van der Waals surface area contributed by atoms with Gasteiger partial charge in [-0.15, -0.1) is 0 Å². The Morgan fingerprint density at radius 3 is 2.41 bits per heavy atom. The maximum atomic E-state index is 16.0. The molecule has 1 aromatic heterocycles. The number of hydrogen-bond donors (Lipinski definition) is 3. The summed E-state index contributed by atoms with van der Waals surface area (Å²) in [5.41, 5.74) is 2.50. The number of hydrogen-bond acceptors (Lipinski definition) is 7. The fourth-order valence-electron chi connectivity index (χ4n) is 5.56. The van der Waals surface area contributed by atoms with Gasteiger partial charge in [-0.2, -0.15) is 0 Å². The number of anilines is 2. The minimum absolute atomic E-state index is 0.0305. The van der Waals surface area contributed by atoms with E-state index in [0.29, 0.717) is 13.0 Å². The van der Waals surface area contributed by atoms with Crippen LogP contribution in [0.25, 0.3) is 16.6 Å². The molecule has 0 atom stereocenters. The second kappa shape index (κ2) is 9.59. The van der Waals surface area contributed by atoms with Gasteiger partial charge < -0.3 is 30.2 Å². The number of nitrogens with zero attached hydrogens (tertiary/aromatic N) is 3. The standard InChI is InChI=1S/C28H29ClF2N4O6/c1-13-19-22(34(9-15(24(19)37)25(38)39)18-8-17(32)16(30)7-14(18)10-36)20(29)23(21(13)31)33-11-28(12-33)5-6-35(28)26(40)41-27(2,3)4/h7-9,36H,5-6,10-12,32H2,1-4H3,(H,38,39). The lowest BCUT2D eigenvalue weighted by Gasteiger charge is -2.62. The van der Waals surface area contributed by atoms with Crippen LogP contribution >= 0.6 is 11.6 Å². The van der Waals surface area contributed by atoms with Gasteiger partial charge in [-0.05, 0) is 46.2 Å². The number of aromatic carboxylic acids is 1. The number of aliphatic hydroxyl groups excluding tert-OH is 1. The summed E-state index contributed by atoms with van der Waals surface area (Å²) in [7, 11) is 0. The number of benzene rings is 2. The smallest absolute Gasteiger partial charge is 0.410 e. The third-order valence-corrected chi connectivity index (χ3v) is 8.03. The second-order valence-electron chi connectivity index (χ2n) is 11.5. The largest absolute Gasteiger partial charge is 0.477 e. The van der Waals surface area contributed by atoms with E-state index >= 15 is 4.39 Å². The molecule has 0 aliphatic carbocycles. The Bertz CT molecular complexity index is 1690. The molecule has 0 saturated carbocycles. The first-order chi connectivity index (χ1) is 19.1. The van der Waals surface area contributed by atoms with E-state index in [1.165, 1.54) is 17.6 Å². The Kier molecular flexibility index (Phi) is 6.69. The number of nitrogen functional groups attached to an aromatic ring is 1. The zero-order chi connectivity index (χ0) is 30.2. The van der Waals surface area contributed by atoms with Crippen molar-refractivity contribution in [3.05, 3.63) is 61.9 Å². The Balaban J connectivity index is 1.68. The van der Waals surface area contributed by atoms with Gasteiger partial charge in [-0.1, -0.05) is 11.6 Å². The van der Waals surface area contributed by atoms with Gasteiger partial charge in [-0.3, -0.25) is 9.69 Å². The number of aromatic nitrogens is 1. The number of carbonyl (C=O) groups excluding carboxylic acids is 1. The third-order valence-electron chi connectivity index (χ3n) is 7.67. The number of halogens is 3. The number of nitrogens with two attached hydrogens (primary N) is 1. The average molecular weight is 591 g/mol. The predicted molar refractivity (Wildman–Crippen MR) is 149 cm³/mol. The Hall–Kier alpha value is -3.90. The zero-order valence-corrected chi connectivity index (χ0v) is 23.6. The maximum absolute atomic E-state index is 16.0. The summed E-state index contributed by atoms with van der Waals surface area (Å²) in [4.78, 5) is 41.3. The minimum Gasteiger partial charge on any atom is -0.477 e. The SMILES string of the molecule is Cc1c(F)c(N2CC3(CCN3C(=O)OC(C)(C)C)C2)c(Cl)c2c1c(=O)c(C(=O)O)cn2-c1cc(N)c(F)cc1CO. The van der Waals surface area contributed by atoms with E-state index in [4.69, 9.17) is 22.1 Å². The number of aryl methyl sites for hydroxylation is 1. The summed E-state index contributed by atoms with van der Waals surface area (Å²) in [6.45, 7) is 6.97. The van der Waals surface area contributed by atoms with Crippen LogP contribution in [0.4, 0.5) is 25.0 Å². The lowest BCUT2D eigenvalue weighted by atomic mass is 9.77. The van der Waals surface area contributed by atoms with E-state index in [9.17, 15) is 29.0 Å². The van der Waals surface area contributed by atoms with E-state index < -0.39 is 52.4 Å². The van der Waals surface area contributed by atoms with Gasteiger partial charge in [0.05, 0.1) is 45.1 Å². The van der Waals surface area contributed by atoms with Crippen LogP contribution in [0, 0.1) is 18.6 Å². The number of carboxylic acids is 1. The first-order valence-electron chi connectivity index (χ1n) is 12.8. The fourth-order valence-corrected chi connectivity index (χ4v) is 5.95.